The van der Waals surface area contributed by atoms with Gasteiger partial charge < -0.3 is 5.32 Å². The van der Waals surface area contributed by atoms with Gasteiger partial charge in [0.15, 0.2) is 5.15 Å². The Bertz CT molecular complexity index is 630. The van der Waals surface area contributed by atoms with Gasteiger partial charge in [-0.2, -0.15) is 13.2 Å². The topological polar surface area (TPSA) is 54.9 Å². The molecule has 4 nitrogen and oxygen atoms in total. The lowest BCUT2D eigenvalue weighted by Crippen LogP contribution is -2.27. The Labute approximate surface area is 127 Å². The van der Waals surface area contributed by atoms with Gasteiger partial charge in [0.2, 0.25) is 0 Å². The van der Waals surface area contributed by atoms with E-state index in [9.17, 15) is 18.0 Å². The molecule has 2 rings (SSSR count). The van der Waals surface area contributed by atoms with Crippen molar-refractivity contribution in [3.63, 3.8) is 0 Å². The number of nitrogens with zero attached hydrogens (tertiary/aromatic N) is 2. The first-order valence-electron chi connectivity index (χ1n) is 5.78. The van der Waals surface area contributed by atoms with Crippen molar-refractivity contribution < 1.29 is 18.0 Å². The van der Waals surface area contributed by atoms with Crippen molar-refractivity contribution >= 4 is 28.8 Å². The van der Waals surface area contributed by atoms with Gasteiger partial charge in [0.25, 0.3) is 5.91 Å². The molecule has 112 valence electrons. The number of hydrogen-bond acceptors (Lipinski definition) is 4. The van der Waals surface area contributed by atoms with Gasteiger partial charge in [0.1, 0.15) is 9.88 Å². The zero-order valence-electron chi connectivity index (χ0n) is 10.4. The average Bonchev–Trinajstić information content (AvgIpc) is 2.80. The molecule has 0 saturated heterocycles. The minimum absolute atomic E-state index is 0.0386. The van der Waals surface area contributed by atoms with Crippen LogP contribution in [0, 0.1) is 0 Å². The number of rotatable bonds is 4. The number of amides is 1. The Hall–Kier alpha value is -1.67. The van der Waals surface area contributed by atoms with Gasteiger partial charge in [-0.25, -0.2) is 4.98 Å². The summed E-state index contributed by atoms with van der Waals surface area (Å²) in [6, 6.07) is 3.45. The molecule has 2 aromatic rings. The normalized spacial score (nSPS) is 11.4. The van der Waals surface area contributed by atoms with Crippen LogP contribution < -0.4 is 5.32 Å². The summed E-state index contributed by atoms with van der Waals surface area (Å²) in [5.41, 5.74) is 0.679. The standard InChI is InChI=1S/C12H9ClF3N3OS/c13-9-8(10(20)18-5-3-12(14,15)16)21-11(19-9)7-2-1-4-17-6-7/h1-2,4,6H,3,5H2,(H,18,20). The van der Waals surface area contributed by atoms with E-state index in [2.05, 4.69) is 15.3 Å². The van der Waals surface area contributed by atoms with Gasteiger partial charge in [-0.05, 0) is 12.1 Å². The van der Waals surface area contributed by atoms with Gasteiger partial charge >= 0.3 is 6.18 Å². The highest BCUT2D eigenvalue weighted by atomic mass is 35.5. The Morgan fingerprint density at radius 1 is 1.43 bits per heavy atom. The minimum atomic E-state index is -4.31. The second kappa shape index (κ2) is 6.40. The third-order valence-electron chi connectivity index (χ3n) is 2.39. The molecule has 9 heteroatoms. The van der Waals surface area contributed by atoms with Gasteiger partial charge in [0.05, 0.1) is 6.42 Å². The largest absolute Gasteiger partial charge is 0.390 e. The molecule has 0 unspecified atom stereocenters. The van der Waals surface area contributed by atoms with E-state index in [4.69, 9.17) is 11.6 Å². The van der Waals surface area contributed by atoms with Crippen molar-refractivity contribution in [2.75, 3.05) is 6.54 Å². The predicted molar refractivity (Wildman–Crippen MR) is 73.4 cm³/mol. The first-order valence-corrected chi connectivity index (χ1v) is 6.98. The van der Waals surface area contributed by atoms with Crippen LogP contribution in [0.1, 0.15) is 16.1 Å². The molecule has 0 radical (unpaired) electrons. The summed E-state index contributed by atoms with van der Waals surface area (Å²) in [6.45, 7) is -0.501. The minimum Gasteiger partial charge on any atom is -0.351 e. The highest BCUT2D eigenvalue weighted by Gasteiger charge is 2.27. The van der Waals surface area contributed by atoms with Crippen LogP contribution in [-0.4, -0.2) is 28.6 Å². The van der Waals surface area contributed by atoms with E-state index < -0.39 is 25.0 Å². The average molecular weight is 336 g/mol. The summed E-state index contributed by atoms with van der Waals surface area (Å²) in [5, 5.41) is 2.61. The number of halogens is 4. The fourth-order valence-corrected chi connectivity index (χ4v) is 2.65. The van der Waals surface area contributed by atoms with E-state index in [0.29, 0.717) is 10.6 Å². The summed E-state index contributed by atoms with van der Waals surface area (Å²) in [4.78, 5) is 19.8. The molecular weight excluding hydrogens is 327 g/mol. The summed E-state index contributed by atoms with van der Waals surface area (Å²) in [7, 11) is 0. The van der Waals surface area contributed by atoms with Crippen molar-refractivity contribution in [1.29, 1.82) is 0 Å². The number of nitrogens with one attached hydrogen (secondary N) is 1. The highest BCUT2D eigenvalue weighted by Crippen LogP contribution is 2.30. The van der Waals surface area contributed by atoms with Crippen molar-refractivity contribution in [1.82, 2.24) is 15.3 Å². The number of alkyl halides is 3. The zero-order valence-corrected chi connectivity index (χ0v) is 12.0. The van der Waals surface area contributed by atoms with Crippen LogP contribution in [0.25, 0.3) is 10.6 Å². The second-order valence-electron chi connectivity index (χ2n) is 4.00. The smallest absolute Gasteiger partial charge is 0.351 e. The first kappa shape index (κ1) is 15.7. The molecule has 0 bridgehead atoms. The van der Waals surface area contributed by atoms with E-state index in [1.54, 1.807) is 24.5 Å². The second-order valence-corrected chi connectivity index (χ2v) is 5.36. The summed E-state index contributed by atoms with van der Waals surface area (Å²) in [6.07, 6.45) is -2.26. The molecule has 2 heterocycles. The van der Waals surface area contributed by atoms with E-state index >= 15 is 0 Å². The molecular formula is C12H9ClF3N3OS. The van der Waals surface area contributed by atoms with Crippen LogP contribution in [0.3, 0.4) is 0 Å². The molecule has 0 aliphatic rings. The maximum absolute atomic E-state index is 12.0. The monoisotopic (exact) mass is 335 g/mol. The fourth-order valence-electron chi connectivity index (χ4n) is 1.45. The number of carbonyl (C=O) groups is 1. The number of thiazole rings is 1. The fraction of sp³-hybridized carbons (Fsp3) is 0.250. The summed E-state index contributed by atoms with van der Waals surface area (Å²) >= 11 is 6.86. The lowest BCUT2D eigenvalue weighted by atomic mass is 10.3. The lowest BCUT2D eigenvalue weighted by molar-refractivity contribution is -0.132. The van der Waals surface area contributed by atoms with E-state index in [1.807, 2.05) is 0 Å². The summed E-state index contributed by atoms with van der Waals surface area (Å²) in [5.74, 6) is -0.670. The molecule has 0 aromatic carbocycles. The number of pyridine rings is 1. The molecule has 1 N–H and O–H groups in total. The molecule has 0 fully saturated rings. The van der Waals surface area contributed by atoms with Crippen molar-refractivity contribution in [2.24, 2.45) is 0 Å². The third-order valence-corrected chi connectivity index (χ3v) is 3.88. The number of carbonyl (C=O) groups excluding carboxylic acids is 1. The van der Waals surface area contributed by atoms with Gasteiger partial charge in [-0.15, -0.1) is 11.3 Å². The summed E-state index contributed by atoms with van der Waals surface area (Å²) < 4.78 is 36.1. The van der Waals surface area contributed by atoms with Crippen LogP contribution in [-0.2, 0) is 0 Å². The van der Waals surface area contributed by atoms with Gasteiger partial charge in [-0.3, -0.25) is 9.78 Å². The van der Waals surface area contributed by atoms with E-state index in [-0.39, 0.29) is 10.0 Å². The van der Waals surface area contributed by atoms with Crippen LogP contribution in [0.5, 0.6) is 0 Å². The third kappa shape index (κ3) is 4.40. The zero-order chi connectivity index (χ0) is 15.5. The quantitative estimate of drug-likeness (QED) is 0.929. The van der Waals surface area contributed by atoms with Crippen molar-refractivity contribution in [3.8, 4) is 10.6 Å². The van der Waals surface area contributed by atoms with E-state index in [0.717, 1.165) is 11.3 Å². The van der Waals surface area contributed by atoms with Crippen LogP contribution >= 0.6 is 22.9 Å². The first-order chi connectivity index (χ1) is 9.87. The van der Waals surface area contributed by atoms with Crippen LogP contribution in [0.4, 0.5) is 13.2 Å². The Balaban J connectivity index is 2.07. The Morgan fingerprint density at radius 2 is 2.19 bits per heavy atom. The Morgan fingerprint density at radius 3 is 2.81 bits per heavy atom. The van der Waals surface area contributed by atoms with Gasteiger partial charge in [-0.1, -0.05) is 11.6 Å². The van der Waals surface area contributed by atoms with Crippen molar-refractivity contribution in [2.45, 2.75) is 12.6 Å². The molecule has 21 heavy (non-hydrogen) atoms. The molecule has 2 aromatic heterocycles. The molecule has 0 aliphatic carbocycles. The molecule has 1 amide bonds. The highest BCUT2D eigenvalue weighted by molar-refractivity contribution is 7.17. The maximum Gasteiger partial charge on any atom is 0.390 e. The molecule has 0 saturated carbocycles. The lowest BCUT2D eigenvalue weighted by Gasteiger charge is -2.06. The van der Waals surface area contributed by atoms with Crippen molar-refractivity contribution in [3.05, 3.63) is 34.6 Å². The Kier molecular flexibility index (Phi) is 4.79. The number of aromatic nitrogens is 2. The van der Waals surface area contributed by atoms with E-state index in [1.165, 1.54) is 0 Å². The SMILES string of the molecule is O=C(NCCC(F)(F)F)c1sc(-c2cccnc2)nc1Cl. The molecule has 0 spiro atoms. The molecule has 0 aliphatic heterocycles. The van der Waals surface area contributed by atoms with Gasteiger partial charge in [0, 0.05) is 24.5 Å². The molecule has 0 atom stereocenters. The van der Waals surface area contributed by atoms with Crippen LogP contribution in [0.15, 0.2) is 24.5 Å². The number of hydrogen-bond donors (Lipinski definition) is 1. The maximum atomic E-state index is 12.0. The predicted octanol–water partition coefficient (Wildman–Crippen LogP) is 3.54. The van der Waals surface area contributed by atoms with Crippen LogP contribution in [0.2, 0.25) is 5.15 Å².